The van der Waals surface area contributed by atoms with E-state index in [0.717, 1.165) is 38.8 Å². The number of fused-ring (bicyclic) bond motifs is 1. The lowest BCUT2D eigenvalue weighted by molar-refractivity contribution is -0.124. The zero-order chi connectivity index (χ0) is 22.3. The van der Waals surface area contributed by atoms with Crippen LogP contribution in [-0.2, 0) is 11.3 Å². The van der Waals surface area contributed by atoms with E-state index >= 15 is 0 Å². The molecule has 166 valence electrons. The molecule has 0 spiro atoms. The third kappa shape index (κ3) is 4.08. The molecule has 1 saturated carbocycles. The Morgan fingerprint density at radius 3 is 2.55 bits per heavy atom. The number of carbonyl (C=O) groups is 2. The van der Waals surface area contributed by atoms with Crippen LogP contribution in [0.2, 0.25) is 0 Å². The molecule has 31 heavy (non-hydrogen) atoms. The molecule has 2 amide bonds. The lowest BCUT2D eigenvalue weighted by atomic mass is 10.1. The molecule has 2 aromatic rings. The Morgan fingerprint density at radius 1 is 1.26 bits per heavy atom. The standard InChI is InChI=1S/C22H29N5O4/c1-13(2)12-26-20-16(8-9-17(28)25-10-4-5-11-25)14(3)24-27(20)22(31)18(21(26)30)19(29)23-15-6-7-15/h8-9,13,15,30H,4-7,10-12H2,1-3H3,(H,23,29). The highest BCUT2D eigenvalue weighted by molar-refractivity contribution is 5.97. The van der Waals surface area contributed by atoms with Gasteiger partial charge in [-0.1, -0.05) is 13.8 Å². The van der Waals surface area contributed by atoms with Gasteiger partial charge in [-0.25, -0.2) is 0 Å². The molecule has 0 bridgehead atoms. The highest BCUT2D eigenvalue weighted by Crippen LogP contribution is 2.26. The van der Waals surface area contributed by atoms with Crippen molar-refractivity contribution in [1.29, 1.82) is 0 Å². The van der Waals surface area contributed by atoms with Gasteiger partial charge in [0.15, 0.2) is 5.56 Å². The number of amides is 2. The second-order valence-corrected chi connectivity index (χ2v) is 8.86. The molecule has 2 N–H and O–H groups in total. The average molecular weight is 428 g/mol. The van der Waals surface area contributed by atoms with Crippen molar-refractivity contribution in [3.63, 3.8) is 0 Å². The van der Waals surface area contributed by atoms with E-state index < -0.39 is 11.5 Å². The van der Waals surface area contributed by atoms with Gasteiger partial charge in [-0.15, -0.1) is 0 Å². The molecule has 1 saturated heterocycles. The molecule has 0 radical (unpaired) electrons. The Hall–Kier alpha value is -3.10. The molecule has 2 aliphatic rings. The van der Waals surface area contributed by atoms with Crippen LogP contribution in [-0.4, -0.2) is 55.1 Å². The van der Waals surface area contributed by atoms with Crippen molar-refractivity contribution in [1.82, 2.24) is 24.4 Å². The summed E-state index contributed by atoms with van der Waals surface area (Å²) < 4.78 is 2.72. The smallest absolute Gasteiger partial charge is 0.291 e. The fraction of sp³-hybridized carbons (Fsp3) is 0.545. The minimum absolute atomic E-state index is 0.0509. The number of aromatic nitrogens is 3. The van der Waals surface area contributed by atoms with Gasteiger partial charge in [0, 0.05) is 37.3 Å². The van der Waals surface area contributed by atoms with Gasteiger partial charge < -0.3 is 15.3 Å². The number of nitrogens with zero attached hydrogens (tertiary/aromatic N) is 4. The second-order valence-electron chi connectivity index (χ2n) is 8.86. The summed E-state index contributed by atoms with van der Waals surface area (Å²) in [6, 6.07) is 0.0509. The lowest BCUT2D eigenvalue weighted by Crippen LogP contribution is -2.34. The summed E-state index contributed by atoms with van der Waals surface area (Å²) in [5.74, 6) is -0.905. The van der Waals surface area contributed by atoms with Crippen LogP contribution in [0.4, 0.5) is 0 Å². The van der Waals surface area contributed by atoms with Gasteiger partial charge in [-0.2, -0.15) is 9.61 Å². The first-order chi connectivity index (χ1) is 14.8. The Balaban J connectivity index is 1.84. The minimum atomic E-state index is -0.667. The summed E-state index contributed by atoms with van der Waals surface area (Å²) in [5, 5.41) is 18.1. The number of nitrogens with one attached hydrogen (secondary N) is 1. The van der Waals surface area contributed by atoms with Crippen molar-refractivity contribution in [2.24, 2.45) is 5.92 Å². The normalized spacial score (nSPS) is 16.7. The number of hydrogen-bond donors (Lipinski definition) is 2. The van der Waals surface area contributed by atoms with E-state index in [2.05, 4.69) is 10.4 Å². The number of rotatable bonds is 6. The predicted octanol–water partition coefficient (Wildman–Crippen LogP) is 1.69. The first kappa shape index (κ1) is 21.1. The summed E-state index contributed by atoms with van der Waals surface area (Å²) in [5.41, 5.74) is 0.529. The molecule has 4 rings (SSSR count). The van der Waals surface area contributed by atoms with Crippen LogP contribution >= 0.6 is 0 Å². The highest BCUT2D eigenvalue weighted by Gasteiger charge is 2.30. The minimum Gasteiger partial charge on any atom is -0.494 e. The fourth-order valence-corrected chi connectivity index (χ4v) is 3.98. The summed E-state index contributed by atoms with van der Waals surface area (Å²) in [6.45, 7) is 7.57. The molecule has 3 heterocycles. The number of carbonyl (C=O) groups excluding carboxylic acids is 2. The van der Waals surface area contributed by atoms with Crippen molar-refractivity contribution < 1.29 is 14.7 Å². The molecule has 0 atom stereocenters. The first-order valence-corrected chi connectivity index (χ1v) is 10.9. The third-order valence-corrected chi connectivity index (χ3v) is 5.72. The number of aryl methyl sites for hydroxylation is 1. The number of likely N-dealkylation sites (tertiary alicyclic amines) is 1. The zero-order valence-electron chi connectivity index (χ0n) is 18.2. The Morgan fingerprint density at radius 2 is 1.94 bits per heavy atom. The van der Waals surface area contributed by atoms with E-state index in [-0.39, 0.29) is 29.3 Å². The van der Waals surface area contributed by atoms with Gasteiger partial charge in [-0.3, -0.25) is 19.0 Å². The van der Waals surface area contributed by atoms with Crippen LogP contribution in [0.1, 0.15) is 61.1 Å². The Bertz CT molecular complexity index is 1120. The van der Waals surface area contributed by atoms with Crippen molar-refractivity contribution in [2.45, 2.75) is 59.0 Å². The van der Waals surface area contributed by atoms with Crippen molar-refractivity contribution in [2.75, 3.05) is 13.1 Å². The Kier molecular flexibility index (Phi) is 5.60. The molecule has 1 aliphatic heterocycles. The maximum atomic E-state index is 13.1. The summed E-state index contributed by atoms with van der Waals surface area (Å²) in [6.07, 6.45) is 6.89. The molecule has 2 aromatic heterocycles. The van der Waals surface area contributed by atoms with Gasteiger partial charge in [0.2, 0.25) is 11.8 Å². The van der Waals surface area contributed by atoms with Crippen LogP contribution < -0.4 is 10.9 Å². The molecule has 0 aromatic carbocycles. The SMILES string of the molecule is Cc1nn2c(=O)c(C(=O)NC3CC3)c(O)n(CC(C)C)c2c1C=CC(=O)N1CCCC1. The lowest BCUT2D eigenvalue weighted by Gasteiger charge is -2.17. The van der Waals surface area contributed by atoms with E-state index in [1.165, 1.54) is 10.6 Å². The molecule has 9 heteroatoms. The average Bonchev–Trinajstić information content (AvgIpc) is 3.23. The van der Waals surface area contributed by atoms with Gasteiger partial charge >= 0.3 is 0 Å². The maximum Gasteiger partial charge on any atom is 0.291 e. The molecule has 1 aliphatic carbocycles. The van der Waals surface area contributed by atoms with Gasteiger partial charge in [0.25, 0.3) is 11.5 Å². The van der Waals surface area contributed by atoms with Gasteiger partial charge in [0.05, 0.1) is 5.69 Å². The molecular weight excluding hydrogens is 398 g/mol. The number of aromatic hydroxyl groups is 1. The summed E-state index contributed by atoms with van der Waals surface area (Å²) in [7, 11) is 0. The maximum absolute atomic E-state index is 13.1. The van der Waals surface area contributed by atoms with E-state index in [4.69, 9.17) is 0 Å². The van der Waals surface area contributed by atoms with E-state index in [1.807, 2.05) is 13.8 Å². The molecule has 9 nitrogen and oxygen atoms in total. The highest BCUT2D eigenvalue weighted by atomic mass is 16.3. The number of hydrogen-bond acceptors (Lipinski definition) is 5. The van der Waals surface area contributed by atoms with Crippen LogP contribution in [0, 0.1) is 12.8 Å². The Labute approximate surface area is 180 Å². The quantitative estimate of drug-likeness (QED) is 0.682. The monoisotopic (exact) mass is 427 g/mol. The largest absolute Gasteiger partial charge is 0.494 e. The van der Waals surface area contributed by atoms with E-state index in [9.17, 15) is 19.5 Å². The second kappa shape index (κ2) is 8.20. The van der Waals surface area contributed by atoms with Crippen molar-refractivity contribution >= 4 is 23.5 Å². The van der Waals surface area contributed by atoms with Crippen LogP contribution in [0.25, 0.3) is 11.7 Å². The van der Waals surface area contributed by atoms with Crippen LogP contribution in [0.15, 0.2) is 10.9 Å². The molecule has 2 fully saturated rings. The van der Waals surface area contributed by atoms with Gasteiger partial charge in [0.1, 0.15) is 5.65 Å². The first-order valence-electron chi connectivity index (χ1n) is 10.9. The summed E-state index contributed by atoms with van der Waals surface area (Å²) in [4.78, 5) is 40.1. The topological polar surface area (TPSA) is 109 Å². The van der Waals surface area contributed by atoms with E-state index in [0.29, 0.717) is 23.4 Å². The van der Waals surface area contributed by atoms with E-state index in [1.54, 1.807) is 22.5 Å². The zero-order valence-corrected chi connectivity index (χ0v) is 18.2. The van der Waals surface area contributed by atoms with Crippen molar-refractivity contribution in [3.8, 4) is 5.88 Å². The molecule has 0 unspecified atom stereocenters. The molecular formula is C22H29N5O4. The predicted molar refractivity (Wildman–Crippen MR) is 116 cm³/mol. The summed E-state index contributed by atoms with van der Waals surface area (Å²) >= 11 is 0. The van der Waals surface area contributed by atoms with Crippen molar-refractivity contribution in [3.05, 3.63) is 33.3 Å². The van der Waals surface area contributed by atoms with Gasteiger partial charge in [-0.05, 0) is 44.6 Å². The third-order valence-electron chi connectivity index (χ3n) is 5.72. The van der Waals surface area contributed by atoms with Crippen LogP contribution in [0.3, 0.4) is 0 Å². The van der Waals surface area contributed by atoms with Crippen LogP contribution in [0.5, 0.6) is 5.88 Å². The fourth-order valence-electron chi connectivity index (χ4n) is 3.98.